The maximum absolute atomic E-state index is 10.0. The van der Waals surface area contributed by atoms with E-state index in [1.165, 1.54) is 11.8 Å². The van der Waals surface area contributed by atoms with Gasteiger partial charge in [0.2, 0.25) is 5.89 Å². The van der Waals surface area contributed by atoms with Gasteiger partial charge in [0.15, 0.2) is 0 Å². The third kappa shape index (κ3) is 5.22. The van der Waals surface area contributed by atoms with Gasteiger partial charge in [-0.15, -0.1) is 10.2 Å². The minimum atomic E-state index is -0.642. The van der Waals surface area contributed by atoms with Crippen LogP contribution in [0.25, 0.3) is 11.5 Å². The van der Waals surface area contributed by atoms with Gasteiger partial charge in [-0.25, -0.2) is 0 Å². The molecule has 0 bridgehead atoms. The summed E-state index contributed by atoms with van der Waals surface area (Å²) in [7, 11) is 0. The summed E-state index contributed by atoms with van der Waals surface area (Å²) in [6, 6.07) is 14.9. The fraction of sp³-hybridized carbons (Fsp3) is 0.222. The second-order valence-corrected chi connectivity index (χ2v) is 6.88. The second-order valence-electron chi connectivity index (χ2n) is 5.47. The van der Waals surface area contributed by atoms with E-state index in [0.29, 0.717) is 21.9 Å². The molecule has 3 rings (SSSR count). The average molecular weight is 377 g/mol. The molecule has 0 amide bonds. The molecule has 3 aromatic rings. The van der Waals surface area contributed by atoms with Crippen molar-refractivity contribution in [1.82, 2.24) is 10.2 Å². The van der Waals surface area contributed by atoms with Crippen molar-refractivity contribution in [3.8, 4) is 17.2 Å². The Hall–Kier alpha value is -2.02. The van der Waals surface area contributed by atoms with Crippen molar-refractivity contribution < 1.29 is 14.3 Å². The highest BCUT2D eigenvalue weighted by atomic mass is 35.5. The lowest BCUT2D eigenvalue weighted by Gasteiger charge is -2.11. The van der Waals surface area contributed by atoms with E-state index in [-0.39, 0.29) is 6.61 Å². The van der Waals surface area contributed by atoms with Crippen molar-refractivity contribution in [3.05, 3.63) is 59.1 Å². The summed E-state index contributed by atoms with van der Waals surface area (Å²) in [5.41, 5.74) is 1.91. The molecule has 0 saturated carbocycles. The number of aliphatic hydroxyl groups is 1. The topological polar surface area (TPSA) is 68.4 Å². The highest BCUT2D eigenvalue weighted by molar-refractivity contribution is 7.99. The van der Waals surface area contributed by atoms with Gasteiger partial charge in [-0.05, 0) is 48.9 Å². The lowest BCUT2D eigenvalue weighted by atomic mass is 10.2. The normalized spacial score (nSPS) is 12.1. The quantitative estimate of drug-likeness (QED) is 0.622. The predicted octanol–water partition coefficient (Wildman–Crippen LogP) is 4.23. The first-order valence-corrected chi connectivity index (χ1v) is 9.06. The van der Waals surface area contributed by atoms with Crippen LogP contribution in [0.3, 0.4) is 0 Å². The molecule has 130 valence electrons. The molecule has 0 saturated heterocycles. The van der Waals surface area contributed by atoms with E-state index in [0.717, 1.165) is 16.9 Å². The Balaban J connectivity index is 1.49. The third-order valence-electron chi connectivity index (χ3n) is 3.33. The molecular formula is C18H17ClN2O3S. The standard InChI is InChI=1S/C18H17ClN2O3S/c1-12-3-2-4-16(9-12)23-10-15(22)11-25-18-21-20-17(24-18)13-5-7-14(19)8-6-13/h2-9,15,22H,10-11H2,1H3/t15-/m0/s1. The molecule has 5 nitrogen and oxygen atoms in total. The van der Waals surface area contributed by atoms with Crippen molar-refractivity contribution >= 4 is 23.4 Å². The minimum absolute atomic E-state index is 0.203. The number of aliphatic hydroxyl groups excluding tert-OH is 1. The molecular weight excluding hydrogens is 360 g/mol. The van der Waals surface area contributed by atoms with Gasteiger partial charge >= 0.3 is 0 Å². The van der Waals surface area contributed by atoms with Crippen LogP contribution in [0, 0.1) is 6.92 Å². The summed E-state index contributed by atoms with van der Waals surface area (Å²) < 4.78 is 11.2. The van der Waals surface area contributed by atoms with Crippen LogP contribution in [0.2, 0.25) is 5.02 Å². The van der Waals surface area contributed by atoms with Crippen molar-refractivity contribution in [2.75, 3.05) is 12.4 Å². The summed E-state index contributed by atoms with van der Waals surface area (Å²) in [6.07, 6.45) is -0.642. The van der Waals surface area contributed by atoms with E-state index < -0.39 is 6.10 Å². The largest absolute Gasteiger partial charge is 0.491 e. The van der Waals surface area contributed by atoms with Crippen molar-refractivity contribution in [3.63, 3.8) is 0 Å². The van der Waals surface area contributed by atoms with Crippen LogP contribution in [0.4, 0.5) is 0 Å². The fourth-order valence-electron chi connectivity index (χ4n) is 2.09. The summed E-state index contributed by atoms with van der Waals surface area (Å²) >= 11 is 7.15. The van der Waals surface area contributed by atoms with E-state index in [2.05, 4.69) is 10.2 Å². The first kappa shape index (κ1) is 17.8. The molecule has 0 fully saturated rings. The van der Waals surface area contributed by atoms with Crippen molar-refractivity contribution in [2.24, 2.45) is 0 Å². The number of aromatic nitrogens is 2. The number of aryl methyl sites for hydroxylation is 1. The minimum Gasteiger partial charge on any atom is -0.491 e. The van der Waals surface area contributed by atoms with Gasteiger partial charge in [0.25, 0.3) is 5.22 Å². The number of halogens is 1. The van der Waals surface area contributed by atoms with E-state index >= 15 is 0 Å². The molecule has 0 aliphatic heterocycles. The number of benzene rings is 2. The third-order valence-corrected chi connectivity index (χ3v) is 4.54. The molecule has 1 N–H and O–H groups in total. The molecule has 0 radical (unpaired) electrons. The summed E-state index contributed by atoms with van der Waals surface area (Å²) in [5.74, 6) is 1.56. The molecule has 1 aromatic heterocycles. The predicted molar refractivity (Wildman–Crippen MR) is 98.1 cm³/mol. The van der Waals surface area contributed by atoms with Crippen molar-refractivity contribution in [2.45, 2.75) is 18.3 Å². The van der Waals surface area contributed by atoms with Gasteiger partial charge in [-0.2, -0.15) is 0 Å². The van der Waals surface area contributed by atoms with Gasteiger partial charge < -0.3 is 14.3 Å². The zero-order valence-corrected chi connectivity index (χ0v) is 15.1. The molecule has 0 unspecified atom stereocenters. The lowest BCUT2D eigenvalue weighted by molar-refractivity contribution is 0.126. The Morgan fingerprint density at radius 2 is 2.00 bits per heavy atom. The van der Waals surface area contributed by atoms with Crippen molar-refractivity contribution in [1.29, 1.82) is 0 Å². The van der Waals surface area contributed by atoms with Gasteiger partial charge in [0.05, 0.1) is 6.10 Å². The second kappa shape index (κ2) is 8.38. The van der Waals surface area contributed by atoms with E-state index in [9.17, 15) is 5.11 Å². The van der Waals surface area contributed by atoms with Gasteiger partial charge in [-0.3, -0.25) is 0 Å². The molecule has 0 aliphatic rings. The van der Waals surface area contributed by atoms with E-state index in [1.807, 2.05) is 43.3 Å². The highest BCUT2D eigenvalue weighted by Gasteiger charge is 2.12. The van der Waals surface area contributed by atoms with Crippen LogP contribution < -0.4 is 4.74 Å². The Labute approximate surface area is 155 Å². The SMILES string of the molecule is Cc1cccc(OC[C@H](O)CSc2nnc(-c3ccc(Cl)cc3)o2)c1. The Kier molecular flexibility index (Phi) is 5.96. The number of rotatable bonds is 7. The first-order valence-electron chi connectivity index (χ1n) is 7.70. The number of ether oxygens (including phenoxy) is 1. The van der Waals surface area contributed by atoms with Gasteiger partial charge in [0, 0.05) is 16.3 Å². The molecule has 2 aromatic carbocycles. The lowest BCUT2D eigenvalue weighted by Crippen LogP contribution is -2.20. The Morgan fingerprint density at radius 3 is 2.76 bits per heavy atom. The molecule has 1 heterocycles. The molecule has 0 spiro atoms. The van der Waals surface area contributed by atoms with Crippen LogP contribution in [0.15, 0.2) is 58.2 Å². The molecule has 7 heteroatoms. The van der Waals surface area contributed by atoms with Crippen LogP contribution in [-0.2, 0) is 0 Å². The maximum atomic E-state index is 10.0. The van der Waals surface area contributed by atoms with Gasteiger partial charge in [-0.1, -0.05) is 35.5 Å². The summed E-state index contributed by atoms with van der Waals surface area (Å²) in [5, 5.41) is 19.1. The number of hydrogen-bond donors (Lipinski definition) is 1. The van der Waals surface area contributed by atoms with E-state index in [1.54, 1.807) is 12.1 Å². The van der Waals surface area contributed by atoms with E-state index in [4.69, 9.17) is 20.8 Å². The van der Waals surface area contributed by atoms with Gasteiger partial charge in [0.1, 0.15) is 12.4 Å². The number of hydrogen-bond acceptors (Lipinski definition) is 6. The van der Waals surface area contributed by atoms with Crippen LogP contribution in [0.5, 0.6) is 5.75 Å². The summed E-state index contributed by atoms with van der Waals surface area (Å²) in [4.78, 5) is 0. The molecule has 0 aliphatic carbocycles. The van der Waals surface area contributed by atoms with Crippen LogP contribution in [0.1, 0.15) is 5.56 Å². The Morgan fingerprint density at radius 1 is 1.20 bits per heavy atom. The molecule has 25 heavy (non-hydrogen) atoms. The monoisotopic (exact) mass is 376 g/mol. The zero-order valence-electron chi connectivity index (χ0n) is 13.6. The number of thioether (sulfide) groups is 1. The zero-order chi connectivity index (χ0) is 17.6. The number of nitrogens with zero attached hydrogens (tertiary/aromatic N) is 2. The Bertz CT molecular complexity index is 823. The summed E-state index contributed by atoms with van der Waals surface area (Å²) in [6.45, 7) is 2.20. The fourth-order valence-corrected chi connectivity index (χ4v) is 2.88. The first-order chi connectivity index (χ1) is 12.1. The van der Waals surface area contributed by atoms with Crippen LogP contribution >= 0.6 is 23.4 Å². The maximum Gasteiger partial charge on any atom is 0.276 e. The highest BCUT2D eigenvalue weighted by Crippen LogP contribution is 2.24. The average Bonchev–Trinajstić information content (AvgIpc) is 3.08. The molecule has 1 atom stereocenters. The van der Waals surface area contributed by atoms with Crippen LogP contribution in [-0.4, -0.2) is 33.8 Å². The smallest absolute Gasteiger partial charge is 0.276 e.